The highest BCUT2D eigenvalue weighted by molar-refractivity contribution is 9.11. The number of alkyl halides is 3. The van der Waals surface area contributed by atoms with Gasteiger partial charge in [0.05, 0.1) is 16.1 Å². The van der Waals surface area contributed by atoms with Gasteiger partial charge in [0.2, 0.25) is 5.91 Å². The summed E-state index contributed by atoms with van der Waals surface area (Å²) in [5, 5.41) is 10.6. The number of carboxylic acids is 1. The minimum Gasteiger partial charge on any atom is -0.480 e. The Morgan fingerprint density at radius 2 is 2.05 bits per heavy atom. The molecule has 0 aliphatic carbocycles. The Hall–Kier alpha value is -1.09. The number of rotatable bonds is 5. The molecular formula is C11H11BrF3NO3S. The summed E-state index contributed by atoms with van der Waals surface area (Å²) >= 11 is 4.47. The molecule has 0 radical (unpaired) electrons. The van der Waals surface area contributed by atoms with Crippen LogP contribution in [0.5, 0.6) is 0 Å². The Bertz CT molecular complexity index is 503. The number of carboxylic acid groups (broad SMARTS) is 1. The molecule has 0 aromatic carbocycles. The van der Waals surface area contributed by atoms with Gasteiger partial charge in [-0.1, -0.05) is 0 Å². The van der Waals surface area contributed by atoms with Crippen LogP contribution in [0.1, 0.15) is 24.1 Å². The van der Waals surface area contributed by atoms with Crippen LogP contribution in [-0.2, 0) is 9.59 Å². The topological polar surface area (TPSA) is 66.4 Å². The van der Waals surface area contributed by atoms with Gasteiger partial charge in [-0.15, -0.1) is 11.3 Å². The minimum atomic E-state index is -4.66. The van der Waals surface area contributed by atoms with E-state index in [9.17, 15) is 22.8 Å². The van der Waals surface area contributed by atoms with Crippen LogP contribution in [0.2, 0.25) is 0 Å². The van der Waals surface area contributed by atoms with Gasteiger partial charge in [-0.3, -0.25) is 4.79 Å². The van der Waals surface area contributed by atoms with Gasteiger partial charge in [0.15, 0.2) is 0 Å². The molecular weight excluding hydrogens is 363 g/mol. The second kappa shape index (κ2) is 6.57. The monoisotopic (exact) mass is 373 g/mol. The van der Waals surface area contributed by atoms with Crippen LogP contribution in [0.25, 0.3) is 0 Å². The van der Waals surface area contributed by atoms with Gasteiger partial charge in [-0.2, -0.15) is 13.2 Å². The van der Waals surface area contributed by atoms with Crippen LogP contribution < -0.4 is 5.32 Å². The molecule has 1 aromatic heterocycles. The summed E-state index contributed by atoms with van der Waals surface area (Å²) in [5.74, 6) is -3.19. The molecule has 2 atom stereocenters. The quantitative estimate of drug-likeness (QED) is 0.832. The maximum absolute atomic E-state index is 12.2. The molecule has 4 nitrogen and oxygen atoms in total. The largest absolute Gasteiger partial charge is 0.480 e. The SMILES string of the molecule is CC(C(=O)NC(CC(F)(F)F)C(=O)O)c1ccc(Br)s1. The van der Waals surface area contributed by atoms with E-state index in [4.69, 9.17) is 5.11 Å². The molecule has 1 aromatic rings. The molecule has 9 heteroatoms. The van der Waals surface area contributed by atoms with Gasteiger partial charge in [0, 0.05) is 4.88 Å². The fraction of sp³-hybridized carbons (Fsp3) is 0.455. The molecule has 0 saturated heterocycles. The zero-order chi connectivity index (χ0) is 15.5. The van der Waals surface area contributed by atoms with Crippen LogP contribution in [0.4, 0.5) is 13.2 Å². The van der Waals surface area contributed by atoms with Crippen molar-refractivity contribution in [3.05, 3.63) is 20.8 Å². The molecule has 0 saturated carbocycles. The Kier molecular flexibility index (Phi) is 5.58. The predicted octanol–water partition coefficient (Wildman–Crippen LogP) is 3.14. The highest BCUT2D eigenvalue weighted by Gasteiger charge is 2.37. The van der Waals surface area contributed by atoms with Crippen molar-refractivity contribution >= 4 is 39.1 Å². The molecule has 0 aliphatic rings. The average molecular weight is 374 g/mol. The van der Waals surface area contributed by atoms with Gasteiger partial charge in [-0.25, -0.2) is 4.79 Å². The van der Waals surface area contributed by atoms with Crippen LogP contribution in [0, 0.1) is 0 Å². The number of carbonyl (C=O) groups is 2. The van der Waals surface area contributed by atoms with E-state index in [-0.39, 0.29) is 0 Å². The van der Waals surface area contributed by atoms with Crippen molar-refractivity contribution in [2.45, 2.75) is 31.5 Å². The molecule has 2 N–H and O–H groups in total. The van der Waals surface area contributed by atoms with Crippen LogP contribution in [-0.4, -0.2) is 29.2 Å². The lowest BCUT2D eigenvalue weighted by molar-refractivity contribution is -0.160. The molecule has 0 spiro atoms. The minimum absolute atomic E-state index is 0.630. The Morgan fingerprint density at radius 1 is 1.45 bits per heavy atom. The molecule has 1 heterocycles. The smallest absolute Gasteiger partial charge is 0.391 e. The van der Waals surface area contributed by atoms with Crippen molar-refractivity contribution in [3.8, 4) is 0 Å². The first-order chi connectivity index (χ1) is 9.10. The second-order valence-corrected chi connectivity index (χ2v) is 6.58. The summed E-state index contributed by atoms with van der Waals surface area (Å²) in [5.41, 5.74) is 0. The fourth-order valence-electron chi connectivity index (χ4n) is 1.42. The van der Waals surface area contributed by atoms with E-state index in [1.807, 2.05) is 5.32 Å². The molecule has 2 unspecified atom stereocenters. The zero-order valence-corrected chi connectivity index (χ0v) is 12.6. The third-order valence-electron chi connectivity index (χ3n) is 2.46. The summed E-state index contributed by atoms with van der Waals surface area (Å²) in [6.07, 6.45) is -6.26. The van der Waals surface area contributed by atoms with Crippen molar-refractivity contribution < 1.29 is 27.9 Å². The first-order valence-electron chi connectivity index (χ1n) is 5.45. The molecule has 0 aliphatic heterocycles. The van der Waals surface area contributed by atoms with Crippen molar-refractivity contribution in [1.29, 1.82) is 0 Å². The highest BCUT2D eigenvalue weighted by Crippen LogP contribution is 2.29. The number of hydrogen-bond donors (Lipinski definition) is 2. The summed E-state index contributed by atoms with van der Waals surface area (Å²) in [4.78, 5) is 23.2. The number of thiophene rings is 1. The molecule has 0 bridgehead atoms. The first-order valence-corrected chi connectivity index (χ1v) is 7.06. The lowest BCUT2D eigenvalue weighted by Gasteiger charge is -2.18. The maximum atomic E-state index is 12.2. The third-order valence-corrected chi connectivity index (χ3v) is 4.27. The Morgan fingerprint density at radius 3 is 2.45 bits per heavy atom. The predicted molar refractivity (Wildman–Crippen MR) is 70.7 cm³/mol. The van der Waals surface area contributed by atoms with Crippen molar-refractivity contribution in [2.75, 3.05) is 0 Å². The number of halogens is 4. The van der Waals surface area contributed by atoms with Crippen molar-refractivity contribution in [2.24, 2.45) is 0 Å². The third kappa shape index (κ3) is 5.12. The van der Waals surface area contributed by atoms with Gasteiger partial charge >= 0.3 is 12.1 Å². The van der Waals surface area contributed by atoms with Gasteiger partial charge in [0.1, 0.15) is 6.04 Å². The maximum Gasteiger partial charge on any atom is 0.391 e. The van der Waals surface area contributed by atoms with E-state index in [0.29, 0.717) is 4.88 Å². The van der Waals surface area contributed by atoms with E-state index in [2.05, 4.69) is 15.9 Å². The summed E-state index contributed by atoms with van der Waals surface area (Å²) < 4.78 is 37.5. The lowest BCUT2D eigenvalue weighted by atomic mass is 10.1. The molecule has 1 rings (SSSR count). The molecule has 20 heavy (non-hydrogen) atoms. The van der Waals surface area contributed by atoms with Crippen molar-refractivity contribution in [1.82, 2.24) is 5.32 Å². The summed E-state index contributed by atoms with van der Waals surface area (Å²) in [6, 6.07) is 1.38. The average Bonchev–Trinajstić information content (AvgIpc) is 2.72. The summed E-state index contributed by atoms with van der Waals surface area (Å²) in [7, 11) is 0. The molecule has 1 amide bonds. The standard InChI is InChI=1S/C11H11BrF3NO3S/c1-5(7-2-3-8(12)20-7)9(17)16-6(10(18)19)4-11(13,14)15/h2-3,5-6H,4H2,1H3,(H,16,17)(H,18,19). The van der Waals surface area contributed by atoms with Crippen molar-refractivity contribution in [3.63, 3.8) is 0 Å². The van der Waals surface area contributed by atoms with Crippen LogP contribution in [0.15, 0.2) is 15.9 Å². The highest BCUT2D eigenvalue weighted by atomic mass is 79.9. The van der Waals surface area contributed by atoms with E-state index < -0.39 is 36.4 Å². The van der Waals surface area contributed by atoms with Crippen LogP contribution in [0.3, 0.4) is 0 Å². The van der Waals surface area contributed by atoms with Gasteiger partial charge in [0.25, 0.3) is 0 Å². The second-order valence-electron chi connectivity index (χ2n) is 4.08. The molecule has 0 fully saturated rings. The van der Waals surface area contributed by atoms with E-state index in [0.717, 1.165) is 3.79 Å². The Balaban J connectivity index is 2.73. The number of amides is 1. The normalized spacial score (nSPS) is 14.7. The lowest BCUT2D eigenvalue weighted by Crippen LogP contribution is -2.45. The van der Waals surface area contributed by atoms with E-state index >= 15 is 0 Å². The van der Waals surface area contributed by atoms with E-state index in [1.165, 1.54) is 18.3 Å². The van der Waals surface area contributed by atoms with Crippen LogP contribution >= 0.6 is 27.3 Å². The molecule has 112 valence electrons. The number of hydrogen-bond acceptors (Lipinski definition) is 3. The van der Waals surface area contributed by atoms with Gasteiger partial charge < -0.3 is 10.4 Å². The van der Waals surface area contributed by atoms with Gasteiger partial charge in [-0.05, 0) is 35.0 Å². The number of carbonyl (C=O) groups excluding carboxylic acids is 1. The number of aliphatic carboxylic acids is 1. The first kappa shape index (κ1) is 17.0. The Labute approximate surface area is 125 Å². The summed E-state index contributed by atoms with van der Waals surface area (Å²) in [6.45, 7) is 1.50. The number of nitrogens with one attached hydrogen (secondary N) is 1. The zero-order valence-electron chi connectivity index (χ0n) is 10.2. The fourth-order valence-corrected chi connectivity index (χ4v) is 2.89. The van der Waals surface area contributed by atoms with E-state index in [1.54, 1.807) is 12.1 Å².